The van der Waals surface area contributed by atoms with Crippen LogP contribution in [0.1, 0.15) is 44.7 Å². The Kier molecular flexibility index (Phi) is 9.53. The second-order valence-electron chi connectivity index (χ2n) is 8.25. The molecule has 0 aliphatic carbocycles. The summed E-state index contributed by atoms with van der Waals surface area (Å²) in [6.45, 7) is 5.75. The fourth-order valence-corrected chi connectivity index (χ4v) is 3.06. The third-order valence-electron chi connectivity index (χ3n) is 4.37. The highest BCUT2D eigenvalue weighted by atomic mass is 35.5. The van der Waals surface area contributed by atoms with Gasteiger partial charge in [0.05, 0.1) is 0 Å². The van der Waals surface area contributed by atoms with Gasteiger partial charge >= 0.3 is 6.09 Å². The third kappa shape index (κ3) is 9.39. The van der Waals surface area contributed by atoms with E-state index in [1.165, 1.54) is 0 Å². The smallest absolute Gasteiger partial charge is 0.407 e. The molecule has 3 amide bonds. The first-order valence-electron chi connectivity index (χ1n) is 10.5. The molecule has 2 aromatic carbocycles. The maximum atomic E-state index is 12.3. The quantitative estimate of drug-likeness (QED) is 0.516. The monoisotopic (exact) mass is 459 g/mol. The summed E-state index contributed by atoms with van der Waals surface area (Å²) in [4.78, 5) is 36.2. The van der Waals surface area contributed by atoms with Gasteiger partial charge in [-0.2, -0.15) is 0 Å². The Bertz CT molecular complexity index is 941. The number of carbonyl (C=O) groups excluding carboxylic acids is 3. The normalized spacial score (nSPS) is 10.9. The number of aryl methyl sites for hydroxylation is 1. The van der Waals surface area contributed by atoms with Gasteiger partial charge in [-0.05, 0) is 50.5 Å². The third-order valence-corrected chi connectivity index (χ3v) is 4.74. The Balaban J connectivity index is 1.79. The predicted octanol–water partition coefficient (Wildman–Crippen LogP) is 4.44. The number of hydrogen-bond donors (Lipinski definition) is 3. The molecule has 0 aliphatic heterocycles. The van der Waals surface area contributed by atoms with Gasteiger partial charge in [0.15, 0.2) is 0 Å². The highest BCUT2D eigenvalue weighted by molar-refractivity contribution is 6.31. The molecule has 0 atom stereocenters. The molecule has 0 saturated heterocycles. The number of benzene rings is 2. The molecule has 0 aliphatic rings. The summed E-state index contributed by atoms with van der Waals surface area (Å²) in [5.41, 5.74) is 1.73. The molecule has 32 heavy (non-hydrogen) atoms. The predicted molar refractivity (Wildman–Crippen MR) is 126 cm³/mol. The number of carbonyl (C=O) groups is 3. The molecule has 2 aromatic rings. The van der Waals surface area contributed by atoms with E-state index in [0.29, 0.717) is 23.6 Å². The van der Waals surface area contributed by atoms with Gasteiger partial charge in [-0.1, -0.05) is 48.0 Å². The van der Waals surface area contributed by atoms with E-state index in [0.717, 1.165) is 11.1 Å². The second kappa shape index (κ2) is 12.1. The summed E-state index contributed by atoms with van der Waals surface area (Å²) in [6.07, 6.45) is 0.395. The number of rotatable bonds is 9. The molecule has 0 aromatic heterocycles. The minimum Gasteiger partial charge on any atom is -0.444 e. The highest BCUT2D eigenvalue weighted by Crippen LogP contribution is 2.17. The topological polar surface area (TPSA) is 96.5 Å². The van der Waals surface area contributed by atoms with Crippen molar-refractivity contribution in [3.05, 3.63) is 64.7 Å². The van der Waals surface area contributed by atoms with Crippen molar-refractivity contribution in [2.24, 2.45) is 0 Å². The van der Waals surface area contributed by atoms with E-state index in [2.05, 4.69) is 16.0 Å². The second-order valence-corrected chi connectivity index (χ2v) is 8.66. The van der Waals surface area contributed by atoms with Gasteiger partial charge in [-0.3, -0.25) is 9.59 Å². The van der Waals surface area contributed by atoms with Crippen molar-refractivity contribution in [2.75, 3.05) is 11.9 Å². The lowest BCUT2D eigenvalue weighted by Gasteiger charge is -2.19. The van der Waals surface area contributed by atoms with Crippen LogP contribution in [0.4, 0.5) is 10.5 Å². The van der Waals surface area contributed by atoms with Crippen molar-refractivity contribution in [3.8, 4) is 0 Å². The van der Waals surface area contributed by atoms with Crippen LogP contribution in [0.5, 0.6) is 0 Å². The van der Waals surface area contributed by atoms with Gasteiger partial charge in [0.1, 0.15) is 5.60 Å². The minimum absolute atomic E-state index is 0.0950. The minimum atomic E-state index is -0.594. The zero-order chi connectivity index (χ0) is 23.6. The standard InChI is InChI=1S/C24H30ClN3O4/c1-24(2,3)32-23(31)26-15-14-22(30)28-20-11-7-5-9-18(20)16-27-21(29)13-12-17-8-4-6-10-19(17)25/h4-11H,12-16H2,1-3H3,(H,26,31)(H,27,29)(H,28,30). The number of hydrogen-bond acceptors (Lipinski definition) is 4. The first kappa shape index (κ1) is 25.2. The Hall–Kier alpha value is -3.06. The van der Waals surface area contributed by atoms with Crippen LogP contribution in [-0.2, 0) is 27.3 Å². The Morgan fingerprint density at radius 2 is 1.53 bits per heavy atom. The number of ether oxygens (including phenoxy) is 1. The number of para-hydroxylation sites is 1. The molecule has 3 N–H and O–H groups in total. The van der Waals surface area contributed by atoms with E-state index < -0.39 is 11.7 Å². The van der Waals surface area contributed by atoms with Gasteiger partial charge < -0.3 is 20.7 Å². The number of nitrogens with one attached hydrogen (secondary N) is 3. The molecular formula is C24H30ClN3O4. The van der Waals surface area contributed by atoms with E-state index >= 15 is 0 Å². The van der Waals surface area contributed by atoms with E-state index in [-0.39, 0.29) is 31.3 Å². The molecule has 0 spiro atoms. The van der Waals surface area contributed by atoms with E-state index in [1.54, 1.807) is 39.0 Å². The average molecular weight is 460 g/mol. The number of anilines is 1. The van der Waals surface area contributed by atoms with E-state index in [9.17, 15) is 14.4 Å². The summed E-state index contributed by atoms with van der Waals surface area (Å²) in [5.74, 6) is -0.355. The summed E-state index contributed by atoms with van der Waals surface area (Å²) in [6, 6.07) is 14.7. The molecule has 0 saturated carbocycles. The fraction of sp³-hybridized carbons (Fsp3) is 0.375. The van der Waals surface area contributed by atoms with E-state index in [4.69, 9.17) is 16.3 Å². The Labute approximate surface area is 193 Å². The molecule has 0 bridgehead atoms. The van der Waals surface area contributed by atoms with Crippen molar-refractivity contribution in [1.82, 2.24) is 10.6 Å². The SMILES string of the molecule is CC(C)(C)OC(=O)NCCC(=O)Nc1ccccc1CNC(=O)CCc1ccccc1Cl. The molecule has 2 rings (SSSR count). The van der Waals surface area contributed by atoms with E-state index in [1.807, 2.05) is 30.3 Å². The van der Waals surface area contributed by atoms with Crippen LogP contribution in [0.25, 0.3) is 0 Å². The van der Waals surface area contributed by atoms with Crippen molar-refractivity contribution in [2.45, 2.75) is 52.2 Å². The molecule has 0 heterocycles. The first-order valence-corrected chi connectivity index (χ1v) is 10.9. The maximum Gasteiger partial charge on any atom is 0.407 e. The number of amides is 3. The van der Waals surface area contributed by atoms with Crippen molar-refractivity contribution in [1.29, 1.82) is 0 Å². The lowest BCUT2D eigenvalue weighted by Crippen LogP contribution is -2.34. The summed E-state index contributed by atoms with van der Waals surface area (Å²) in [7, 11) is 0. The summed E-state index contributed by atoms with van der Waals surface area (Å²) < 4.78 is 5.14. The Morgan fingerprint density at radius 1 is 0.875 bits per heavy atom. The van der Waals surface area contributed by atoms with Crippen LogP contribution in [0, 0.1) is 0 Å². The molecule has 0 fully saturated rings. The molecule has 0 radical (unpaired) electrons. The maximum absolute atomic E-state index is 12.3. The van der Waals surface area contributed by atoms with Crippen LogP contribution < -0.4 is 16.0 Å². The van der Waals surface area contributed by atoms with Crippen LogP contribution in [-0.4, -0.2) is 30.1 Å². The van der Waals surface area contributed by atoms with Gasteiger partial charge in [0, 0.05) is 36.6 Å². The molecule has 0 unspecified atom stereocenters. The van der Waals surface area contributed by atoms with Crippen LogP contribution >= 0.6 is 11.6 Å². The van der Waals surface area contributed by atoms with Gasteiger partial charge in [-0.15, -0.1) is 0 Å². The molecule has 8 heteroatoms. The highest BCUT2D eigenvalue weighted by Gasteiger charge is 2.16. The number of halogens is 1. The zero-order valence-corrected chi connectivity index (χ0v) is 19.4. The first-order chi connectivity index (χ1) is 15.1. The van der Waals surface area contributed by atoms with Gasteiger partial charge in [-0.25, -0.2) is 4.79 Å². The van der Waals surface area contributed by atoms with Gasteiger partial charge in [0.2, 0.25) is 11.8 Å². The lowest BCUT2D eigenvalue weighted by molar-refractivity contribution is -0.121. The van der Waals surface area contributed by atoms with Crippen LogP contribution in [0.3, 0.4) is 0 Å². The van der Waals surface area contributed by atoms with Crippen molar-refractivity contribution >= 4 is 35.2 Å². The molecule has 7 nitrogen and oxygen atoms in total. The molecular weight excluding hydrogens is 430 g/mol. The Morgan fingerprint density at radius 3 is 2.22 bits per heavy atom. The van der Waals surface area contributed by atoms with Crippen molar-refractivity contribution < 1.29 is 19.1 Å². The fourth-order valence-electron chi connectivity index (χ4n) is 2.83. The summed E-state index contributed by atoms with van der Waals surface area (Å²) in [5, 5.41) is 8.90. The molecule has 172 valence electrons. The van der Waals surface area contributed by atoms with Gasteiger partial charge in [0.25, 0.3) is 0 Å². The van der Waals surface area contributed by atoms with Crippen LogP contribution in [0.15, 0.2) is 48.5 Å². The number of alkyl carbamates (subject to hydrolysis) is 1. The van der Waals surface area contributed by atoms with Crippen molar-refractivity contribution in [3.63, 3.8) is 0 Å². The zero-order valence-electron chi connectivity index (χ0n) is 18.7. The summed E-state index contributed by atoms with van der Waals surface area (Å²) >= 11 is 6.13. The lowest BCUT2D eigenvalue weighted by atomic mass is 10.1. The average Bonchev–Trinajstić information content (AvgIpc) is 2.71. The largest absolute Gasteiger partial charge is 0.444 e. The van der Waals surface area contributed by atoms with Crippen LogP contribution in [0.2, 0.25) is 5.02 Å².